The van der Waals surface area contributed by atoms with Gasteiger partial charge in [-0.15, -0.1) is 0 Å². The Morgan fingerprint density at radius 1 is 1.15 bits per heavy atom. The van der Waals surface area contributed by atoms with Crippen molar-refractivity contribution < 1.29 is 4.79 Å². The number of anilines is 2. The SMILES string of the molecule is CCCc1ccc(NC(=O)Nc2ccnc(Cl)c2)cc1. The molecular weight excluding hydrogens is 274 g/mol. The average Bonchev–Trinajstić information content (AvgIpc) is 2.41. The number of halogens is 1. The van der Waals surface area contributed by atoms with Crippen LogP contribution >= 0.6 is 11.6 Å². The number of nitrogens with zero attached hydrogens (tertiary/aromatic N) is 1. The highest BCUT2D eigenvalue weighted by atomic mass is 35.5. The first kappa shape index (κ1) is 14.3. The van der Waals surface area contributed by atoms with Crippen molar-refractivity contribution in [2.75, 3.05) is 10.6 Å². The van der Waals surface area contributed by atoms with Gasteiger partial charge in [0.05, 0.1) is 0 Å². The van der Waals surface area contributed by atoms with E-state index < -0.39 is 0 Å². The minimum Gasteiger partial charge on any atom is -0.308 e. The zero-order valence-electron chi connectivity index (χ0n) is 11.2. The van der Waals surface area contributed by atoms with Gasteiger partial charge in [-0.3, -0.25) is 0 Å². The molecule has 0 radical (unpaired) electrons. The van der Waals surface area contributed by atoms with Crippen molar-refractivity contribution in [1.82, 2.24) is 4.98 Å². The van der Waals surface area contributed by atoms with Gasteiger partial charge in [0, 0.05) is 17.6 Å². The number of urea groups is 1. The van der Waals surface area contributed by atoms with Crippen molar-refractivity contribution in [3.63, 3.8) is 0 Å². The number of benzene rings is 1. The maximum absolute atomic E-state index is 11.8. The van der Waals surface area contributed by atoms with Gasteiger partial charge in [-0.1, -0.05) is 37.1 Å². The van der Waals surface area contributed by atoms with Gasteiger partial charge in [0.15, 0.2) is 0 Å². The molecular formula is C15H16ClN3O. The lowest BCUT2D eigenvalue weighted by molar-refractivity contribution is 0.262. The van der Waals surface area contributed by atoms with Gasteiger partial charge in [0.1, 0.15) is 5.15 Å². The molecule has 2 N–H and O–H groups in total. The summed E-state index contributed by atoms with van der Waals surface area (Å²) in [6, 6.07) is 10.8. The van der Waals surface area contributed by atoms with Crippen molar-refractivity contribution in [3.8, 4) is 0 Å². The molecule has 0 bridgehead atoms. The predicted molar refractivity (Wildman–Crippen MR) is 82.3 cm³/mol. The van der Waals surface area contributed by atoms with Gasteiger partial charge >= 0.3 is 6.03 Å². The third-order valence-electron chi connectivity index (χ3n) is 2.73. The van der Waals surface area contributed by atoms with E-state index >= 15 is 0 Å². The topological polar surface area (TPSA) is 54.0 Å². The molecule has 0 aliphatic rings. The molecule has 0 saturated carbocycles. The summed E-state index contributed by atoms with van der Waals surface area (Å²) in [5, 5.41) is 5.80. The molecule has 1 aromatic carbocycles. The van der Waals surface area contributed by atoms with Crippen LogP contribution in [-0.4, -0.2) is 11.0 Å². The van der Waals surface area contributed by atoms with E-state index in [0.29, 0.717) is 10.8 Å². The largest absolute Gasteiger partial charge is 0.323 e. The first-order chi connectivity index (χ1) is 9.67. The Labute approximate surface area is 123 Å². The van der Waals surface area contributed by atoms with Crippen molar-refractivity contribution in [2.45, 2.75) is 19.8 Å². The Kier molecular flexibility index (Phi) is 4.96. The minimum absolute atomic E-state index is 0.310. The highest BCUT2D eigenvalue weighted by molar-refractivity contribution is 6.29. The molecule has 0 atom stereocenters. The molecule has 2 rings (SSSR count). The maximum Gasteiger partial charge on any atom is 0.323 e. The lowest BCUT2D eigenvalue weighted by Gasteiger charge is -2.08. The summed E-state index contributed by atoms with van der Waals surface area (Å²) in [6.45, 7) is 2.14. The van der Waals surface area contributed by atoms with Crippen LogP contribution in [0.4, 0.5) is 16.2 Å². The number of nitrogens with one attached hydrogen (secondary N) is 2. The van der Waals surface area contributed by atoms with E-state index in [1.807, 2.05) is 24.3 Å². The van der Waals surface area contributed by atoms with E-state index in [9.17, 15) is 4.79 Å². The summed E-state index contributed by atoms with van der Waals surface area (Å²) < 4.78 is 0. The molecule has 0 aliphatic carbocycles. The molecule has 20 heavy (non-hydrogen) atoms. The van der Waals surface area contributed by atoms with Crippen LogP contribution in [0, 0.1) is 0 Å². The van der Waals surface area contributed by atoms with E-state index in [-0.39, 0.29) is 6.03 Å². The van der Waals surface area contributed by atoms with Crippen LogP contribution in [0.3, 0.4) is 0 Å². The number of carbonyl (C=O) groups is 1. The van der Waals surface area contributed by atoms with E-state index in [1.54, 1.807) is 12.1 Å². The fraction of sp³-hybridized carbons (Fsp3) is 0.200. The highest BCUT2D eigenvalue weighted by Crippen LogP contribution is 2.14. The number of aromatic nitrogens is 1. The zero-order valence-corrected chi connectivity index (χ0v) is 11.9. The van der Waals surface area contributed by atoms with Crippen molar-refractivity contribution in [1.29, 1.82) is 0 Å². The molecule has 2 aromatic rings. The number of aryl methyl sites for hydroxylation is 1. The summed E-state index contributed by atoms with van der Waals surface area (Å²) in [5.41, 5.74) is 2.62. The molecule has 104 valence electrons. The van der Waals surface area contributed by atoms with E-state index in [1.165, 1.54) is 11.8 Å². The molecule has 1 heterocycles. The molecule has 0 spiro atoms. The molecule has 0 unspecified atom stereocenters. The van der Waals surface area contributed by atoms with Crippen LogP contribution in [0.1, 0.15) is 18.9 Å². The summed E-state index contributed by atoms with van der Waals surface area (Å²) in [6.07, 6.45) is 3.69. The van der Waals surface area contributed by atoms with Crippen LogP contribution in [0.5, 0.6) is 0 Å². The van der Waals surface area contributed by atoms with Crippen LogP contribution < -0.4 is 10.6 Å². The smallest absolute Gasteiger partial charge is 0.308 e. The normalized spacial score (nSPS) is 10.1. The molecule has 0 aliphatic heterocycles. The molecule has 4 nitrogen and oxygen atoms in total. The average molecular weight is 290 g/mol. The molecule has 0 saturated heterocycles. The van der Waals surface area contributed by atoms with Gasteiger partial charge in [0.25, 0.3) is 0 Å². The summed E-state index contributed by atoms with van der Waals surface area (Å²) in [4.78, 5) is 15.7. The molecule has 2 amide bonds. The number of hydrogen-bond acceptors (Lipinski definition) is 2. The van der Waals surface area contributed by atoms with E-state index in [0.717, 1.165) is 18.5 Å². The lowest BCUT2D eigenvalue weighted by atomic mass is 10.1. The van der Waals surface area contributed by atoms with Gasteiger partial charge in [-0.25, -0.2) is 9.78 Å². The third-order valence-corrected chi connectivity index (χ3v) is 2.94. The number of pyridine rings is 1. The number of hydrogen-bond donors (Lipinski definition) is 2. The summed E-state index contributed by atoms with van der Waals surface area (Å²) in [5.74, 6) is 0. The van der Waals surface area contributed by atoms with E-state index in [4.69, 9.17) is 11.6 Å². The Morgan fingerprint density at radius 2 is 1.85 bits per heavy atom. The monoisotopic (exact) mass is 289 g/mol. The zero-order chi connectivity index (χ0) is 14.4. The number of amides is 2. The van der Waals surface area contributed by atoms with Gasteiger partial charge in [0.2, 0.25) is 0 Å². The molecule has 5 heteroatoms. The maximum atomic E-state index is 11.8. The summed E-state index contributed by atoms with van der Waals surface area (Å²) in [7, 11) is 0. The van der Waals surface area contributed by atoms with Crippen LogP contribution in [0.2, 0.25) is 5.15 Å². The Bertz CT molecular complexity index is 584. The molecule has 1 aromatic heterocycles. The van der Waals surface area contributed by atoms with Gasteiger partial charge in [-0.2, -0.15) is 0 Å². The lowest BCUT2D eigenvalue weighted by Crippen LogP contribution is -2.19. The fourth-order valence-corrected chi connectivity index (χ4v) is 1.99. The Balaban J connectivity index is 1.94. The van der Waals surface area contributed by atoms with Crippen LogP contribution in [-0.2, 0) is 6.42 Å². The Morgan fingerprint density at radius 3 is 2.50 bits per heavy atom. The van der Waals surface area contributed by atoms with Crippen LogP contribution in [0.25, 0.3) is 0 Å². The van der Waals surface area contributed by atoms with E-state index in [2.05, 4.69) is 22.5 Å². The first-order valence-electron chi connectivity index (χ1n) is 6.46. The summed E-state index contributed by atoms with van der Waals surface area (Å²) >= 11 is 5.75. The number of rotatable bonds is 4. The fourth-order valence-electron chi connectivity index (χ4n) is 1.82. The van der Waals surface area contributed by atoms with Crippen molar-refractivity contribution in [3.05, 3.63) is 53.3 Å². The first-order valence-corrected chi connectivity index (χ1v) is 6.83. The Hall–Kier alpha value is -2.07. The number of carbonyl (C=O) groups excluding carboxylic acids is 1. The van der Waals surface area contributed by atoms with Crippen LogP contribution in [0.15, 0.2) is 42.6 Å². The standard InChI is InChI=1S/C15H16ClN3O/c1-2-3-11-4-6-12(7-5-11)18-15(20)19-13-8-9-17-14(16)10-13/h4-10H,2-3H2,1H3,(H2,17,18,19,20). The van der Waals surface area contributed by atoms with Gasteiger partial charge in [-0.05, 0) is 36.2 Å². The highest BCUT2D eigenvalue weighted by Gasteiger charge is 2.03. The predicted octanol–water partition coefficient (Wildman–Crippen LogP) is 4.33. The second-order valence-corrected chi connectivity index (χ2v) is 4.78. The van der Waals surface area contributed by atoms with Gasteiger partial charge < -0.3 is 10.6 Å². The third kappa shape index (κ3) is 4.24. The van der Waals surface area contributed by atoms with Crippen molar-refractivity contribution in [2.24, 2.45) is 0 Å². The van der Waals surface area contributed by atoms with Crippen molar-refractivity contribution >= 4 is 29.0 Å². The minimum atomic E-state index is -0.310. The quantitative estimate of drug-likeness (QED) is 0.823. The molecule has 0 fully saturated rings. The second-order valence-electron chi connectivity index (χ2n) is 4.39. The second kappa shape index (κ2) is 6.91.